The molecule has 21 N–H and O–H groups in total. The third-order valence-corrected chi connectivity index (χ3v) is 26.0. The van der Waals surface area contributed by atoms with E-state index in [9.17, 15) is 96.5 Å². The summed E-state index contributed by atoms with van der Waals surface area (Å²) in [4.78, 5) is 257. The van der Waals surface area contributed by atoms with Crippen LogP contribution in [0.3, 0.4) is 0 Å². The van der Waals surface area contributed by atoms with Crippen molar-refractivity contribution in [1.82, 2.24) is 90.4 Å². The van der Waals surface area contributed by atoms with Crippen LogP contribution in [-0.4, -0.2) is 249 Å². The molecule has 140 heavy (non-hydrogen) atoms. The first-order chi connectivity index (χ1) is 65.3. The lowest BCUT2D eigenvalue weighted by Gasteiger charge is -2.32. The van der Waals surface area contributed by atoms with Crippen molar-refractivity contribution >= 4 is 131 Å². The molecule has 0 heterocycles. The minimum absolute atomic E-state index is 0.00641. The van der Waals surface area contributed by atoms with Crippen LogP contribution in [-0.2, 0) is 92.7 Å². The van der Waals surface area contributed by atoms with Crippen LogP contribution in [0.4, 0.5) is 0 Å². The molecule has 0 unspecified atom stereocenters. The highest BCUT2D eigenvalue weighted by atomic mass is 32.2. The zero-order valence-corrected chi connectivity index (χ0v) is 90.4. The maximum absolute atomic E-state index is 14.9. The molecule has 0 saturated heterocycles. The van der Waals surface area contributed by atoms with Gasteiger partial charge in [0.05, 0.1) is 12.1 Å². The Hall–Kier alpha value is -9.70. The van der Waals surface area contributed by atoms with Crippen molar-refractivity contribution in [3.05, 3.63) is 35.9 Å². The predicted molar refractivity (Wildman–Crippen MR) is 546 cm³/mol. The molecular formula is C100H176N18O20S2. The lowest BCUT2D eigenvalue weighted by molar-refractivity contribution is -0.142. The Bertz CT molecular complexity index is 4140. The van der Waals surface area contributed by atoms with Gasteiger partial charge in [-0.15, -0.1) is 0 Å². The molecule has 798 valence electrons. The number of carbonyl (C=O) groups is 18. The van der Waals surface area contributed by atoms with Crippen molar-refractivity contribution in [2.45, 2.75) is 392 Å². The molecule has 17 amide bonds. The van der Waals surface area contributed by atoms with Crippen molar-refractivity contribution in [2.75, 3.05) is 17.8 Å². The lowest BCUT2D eigenvalue weighted by atomic mass is 9.94. The molecule has 0 aromatic heterocycles. The number of nitrogens with two attached hydrogens (primary N) is 1. The summed E-state index contributed by atoms with van der Waals surface area (Å²) < 4.78 is 0. The topological polar surface area (TPSA) is 578 Å². The van der Waals surface area contributed by atoms with Gasteiger partial charge < -0.3 is 106 Å². The number of aliphatic hydroxyl groups is 1. The number of benzene rings is 1. The van der Waals surface area contributed by atoms with Crippen LogP contribution >= 0.6 is 24.4 Å². The Labute approximate surface area is 841 Å². The van der Waals surface area contributed by atoms with E-state index in [1.807, 2.05) is 55.4 Å². The van der Waals surface area contributed by atoms with Gasteiger partial charge in [0, 0.05) is 12.2 Å². The van der Waals surface area contributed by atoms with Crippen molar-refractivity contribution in [3.8, 4) is 0 Å². The third kappa shape index (κ3) is 45.3. The fourth-order valence-corrected chi connectivity index (χ4v) is 16.0. The van der Waals surface area contributed by atoms with Crippen molar-refractivity contribution in [3.63, 3.8) is 0 Å². The zero-order valence-electron chi connectivity index (χ0n) is 88.6. The quantitative estimate of drug-likeness (QED) is 0.0390. The monoisotopic (exact) mass is 2010 g/mol. The molecule has 0 aliphatic carbocycles. The van der Waals surface area contributed by atoms with E-state index in [0.717, 1.165) is 0 Å². The fraction of sp³-hybridized carbons (Fsp3) is 0.760. The van der Waals surface area contributed by atoms with Gasteiger partial charge in [-0.25, -0.2) is 4.79 Å². The first-order valence-electron chi connectivity index (χ1n) is 50.3. The smallest absolute Gasteiger partial charge is 0.326 e. The second-order valence-electron chi connectivity index (χ2n) is 41.1. The molecule has 0 bridgehead atoms. The largest absolute Gasteiger partial charge is 0.480 e. The van der Waals surface area contributed by atoms with E-state index in [4.69, 9.17) is 5.73 Å². The SMILES string of the molecule is CC[C@H](C)[C@H](N)C(=O)N[C@H](C(=O)N[C@@H](C)C(=O)N[C@H](C(=O)N[C@@H](CC(C)C)C(=O)N[C@H](C(=O)N[C@@H](CS)C(=O)N[C@H](C(=O)N[C@@H](CC(C)C)C(=O)N[C@H](C(=O)N[C@@H](CC(C)C)C(=O)N[C@@H](CC(C)C)C(=O)N[C@H](C(=O)N[C@@H](CCSC)C(=O)N[C@H](C(=O)N[C@@H](CC(C)C)C(=O)N[C@@H](CC(C)C)C(=O)N[C@@H](Cc1ccccc1)C(=O)O)C(C)C)[C@@H](C)O)[C@@H](C)CC)[C@@H](C)CC)[C@@H](C)CC)[C@@H](C)CC)C(C)C. The second kappa shape index (κ2) is 64.8. The minimum atomic E-state index is -1.75. The van der Waals surface area contributed by atoms with Gasteiger partial charge in [-0.05, 0) is 153 Å². The Morgan fingerprint density at radius 3 is 0.814 bits per heavy atom. The van der Waals surface area contributed by atoms with Gasteiger partial charge >= 0.3 is 5.97 Å². The van der Waals surface area contributed by atoms with Crippen LogP contribution in [0.1, 0.15) is 276 Å². The number of aliphatic hydroxyl groups excluding tert-OH is 1. The number of hydrogen-bond donors (Lipinski definition) is 21. The number of carboxylic acids is 1. The summed E-state index contributed by atoms with van der Waals surface area (Å²) >= 11 is 5.78. The highest BCUT2D eigenvalue weighted by molar-refractivity contribution is 7.98. The average Bonchev–Trinajstić information content (AvgIpc) is 0.840. The number of carboxylic acid groups (broad SMARTS) is 1. The van der Waals surface area contributed by atoms with Gasteiger partial charge in [0.15, 0.2) is 0 Å². The third-order valence-electron chi connectivity index (χ3n) is 25.0. The summed E-state index contributed by atoms with van der Waals surface area (Å²) in [5, 5.41) is 67.8. The molecule has 1 aromatic rings. The zero-order chi connectivity index (χ0) is 107. The van der Waals surface area contributed by atoms with Crippen molar-refractivity contribution < 1.29 is 96.5 Å². The van der Waals surface area contributed by atoms with Crippen LogP contribution in [0.5, 0.6) is 0 Å². The maximum Gasteiger partial charge on any atom is 0.326 e. The van der Waals surface area contributed by atoms with Crippen LogP contribution < -0.4 is 96.1 Å². The summed E-state index contributed by atoms with van der Waals surface area (Å²) in [7, 11) is 0. The van der Waals surface area contributed by atoms with Gasteiger partial charge in [0.2, 0.25) is 100 Å². The average molecular weight is 2010 g/mol. The van der Waals surface area contributed by atoms with Crippen molar-refractivity contribution in [1.29, 1.82) is 0 Å². The standard InChI is InChI=1S/C100H176N18O20S2/c1-30-58(22)75(101)92(129)113-76(56(18)19)93(130)102-63(27)83(120)114-78(59(23)31-2)95(132)108-71(46-54(14)15)89(126)116-81(62(26)34-5)98(135)111-74(49-139)91(128)117-80(61(25)33-4)97(134)109-72(47-55(16)17)88(125)115-79(60(24)32-3)96(133)107-69(44-52(10)11)86(123)105-70(45-53(12)13)90(127)118-82(64(28)119)99(136)103-66(40-41-140-29)84(121)112-77(57(20)21)94(131)106-68(43-51(8)9)85(122)104-67(42-50(6)7)87(124)110-73(100(137)138)48-65-38-36-35-37-39-65/h35-39,50-64,66-82,119,139H,30-34,40-49,101H2,1-29H3,(H,102,130)(H,103,136)(H,104,122)(H,105,123)(H,106,131)(H,107,133)(H,108,132)(H,109,134)(H,110,124)(H,111,135)(H,112,121)(H,113,129)(H,114,120)(H,115,125)(H,116,126)(H,117,128)(H,118,127)(H,137,138)/t58-,59-,60-,61-,62-,63-,64+,66-,67-,68-,69-,70-,71-,72-,73-,74-,75-,76-,77-,78-,79-,80-,81-,82-/m0/s1. The normalized spacial score (nSPS) is 16.8. The first-order valence-corrected chi connectivity index (χ1v) is 52.3. The maximum atomic E-state index is 14.9. The van der Waals surface area contributed by atoms with Crippen molar-refractivity contribution in [2.24, 2.45) is 82.7 Å². The highest BCUT2D eigenvalue weighted by Gasteiger charge is 2.43. The summed E-state index contributed by atoms with van der Waals surface area (Å²) in [6.45, 7) is 48.8. The minimum Gasteiger partial charge on any atom is -0.480 e. The van der Waals surface area contributed by atoms with Gasteiger partial charge in [0.25, 0.3) is 0 Å². The van der Waals surface area contributed by atoms with Crippen LogP contribution in [0.25, 0.3) is 0 Å². The number of nitrogens with one attached hydrogen (secondary N) is 17. The second-order valence-corrected chi connectivity index (χ2v) is 42.5. The molecule has 24 atom stereocenters. The summed E-state index contributed by atoms with van der Waals surface area (Å²) in [5.41, 5.74) is 6.82. The number of rotatable bonds is 66. The van der Waals surface area contributed by atoms with Crippen LogP contribution in [0.15, 0.2) is 30.3 Å². The Morgan fingerprint density at radius 1 is 0.293 bits per heavy atom. The molecule has 1 aromatic carbocycles. The van der Waals surface area contributed by atoms with Crippen LogP contribution in [0.2, 0.25) is 0 Å². The fourth-order valence-electron chi connectivity index (χ4n) is 15.3. The lowest BCUT2D eigenvalue weighted by Crippen LogP contribution is -2.63. The molecule has 0 aliphatic rings. The summed E-state index contributed by atoms with van der Waals surface area (Å²) in [6.07, 6.45) is 2.36. The van der Waals surface area contributed by atoms with Gasteiger partial charge in [0.1, 0.15) is 103 Å². The number of thioether (sulfide) groups is 1. The summed E-state index contributed by atoms with van der Waals surface area (Å²) in [5.74, 6) is -19.4. The Kier molecular flexibility index (Phi) is 59.3. The summed E-state index contributed by atoms with van der Waals surface area (Å²) in [6, 6.07) is -14.7. The van der Waals surface area contributed by atoms with E-state index in [1.165, 1.54) is 25.6 Å². The molecule has 0 spiro atoms. The molecule has 0 saturated carbocycles. The molecule has 0 radical (unpaired) electrons. The molecule has 38 nitrogen and oxygen atoms in total. The van der Waals surface area contributed by atoms with E-state index < -0.39 is 257 Å². The predicted octanol–water partition coefficient (Wildman–Crippen LogP) is 4.79. The van der Waals surface area contributed by atoms with Gasteiger partial charge in [-0.2, -0.15) is 24.4 Å². The van der Waals surface area contributed by atoms with Crippen LogP contribution in [0, 0.1) is 76.9 Å². The van der Waals surface area contributed by atoms with E-state index in [1.54, 1.807) is 161 Å². The van der Waals surface area contributed by atoms with E-state index in [0.29, 0.717) is 43.4 Å². The Morgan fingerprint density at radius 2 is 0.529 bits per heavy atom. The molecule has 0 aliphatic heterocycles. The molecule has 1 rings (SSSR count). The Balaban J connectivity index is 3.62. The number of aliphatic carboxylic acids is 1. The first kappa shape index (κ1) is 128. The van der Waals surface area contributed by atoms with E-state index >= 15 is 0 Å². The molecule has 40 heteroatoms. The number of carbonyl (C=O) groups excluding carboxylic acids is 17. The van der Waals surface area contributed by atoms with E-state index in [-0.39, 0.29) is 98.5 Å². The number of amides is 17. The highest BCUT2D eigenvalue weighted by Crippen LogP contribution is 2.22. The number of thiol groups is 1. The number of hydrogen-bond acceptors (Lipinski definition) is 22. The van der Waals surface area contributed by atoms with Gasteiger partial charge in [-0.3, -0.25) is 81.5 Å². The van der Waals surface area contributed by atoms with Gasteiger partial charge in [-0.1, -0.05) is 242 Å². The molecule has 0 fully saturated rings. The van der Waals surface area contributed by atoms with E-state index in [2.05, 4.69) is 103 Å². The molecular weight excluding hydrogens is 1840 g/mol.